The van der Waals surface area contributed by atoms with E-state index in [9.17, 15) is 9.18 Å². The Morgan fingerprint density at radius 3 is 3.00 bits per heavy atom. The Hall–Kier alpha value is -2.80. The quantitative estimate of drug-likeness (QED) is 0.659. The van der Waals surface area contributed by atoms with Crippen LogP contribution in [0.1, 0.15) is 30.0 Å². The molecule has 7 heteroatoms. The highest BCUT2D eigenvalue weighted by atomic mass is 19.1. The second-order valence-electron chi connectivity index (χ2n) is 7.11. The lowest BCUT2D eigenvalue weighted by Gasteiger charge is -2.07. The van der Waals surface area contributed by atoms with Crippen LogP contribution in [0.4, 0.5) is 4.39 Å². The molecule has 1 aliphatic rings. The summed E-state index contributed by atoms with van der Waals surface area (Å²) in [5.41, 5.74) is 2.50. The molecule has 1 atom stereocenters. The number of rotatable bonds is 7. The summed E-state index contributed by atoms with van der Waals surface area (Å²) in [4.78, 5) is 16.6. The maximum atomic E-state index is 13.6. The van der Waals surface area contributed by atoms with Crippen molar-refractivity contribution in [2.75, 3.05) is 19.6 Å². The zero-order valence-corrected chi connectivity index (χ0v) is 15.7. The average molecular weight is 381 g/mol. The first-order chi connectivity index (χ1) is 13.7. The zero-order chi connectivity index (χ0) is 19.3. The second kappa shape index (κ2) is 8.48. The second-order valence-corrected chi connectivity index (χ2v) is 7.11. The van der Waals surface area contributed by atoms with Gasteiger partial charge in [-0.2, -0.15) is 5.10 Å². The monoisotopic (exact) mass is 381 g/mol. The first-order valence-electron chi connectivity index (χ1n) is 9.74. The van der Waals surface area contributed by atoms with Gasteiger partial charge in [0.05, 0.1) is 12.2 Å². The van der Waals surface area contributed by atoms with Gasteiger partial charge in [-0.15, -0.1) is 0 Å². The third-order valence-corrected chi connectivity index (χ3v) is 5.21. The van der Waals surface area contributed by atoms with E-state index in [0.29, 0.717) is 31.0 Å². The van der Waals surface area contributed by atoms with Gasteiger partial charge < -0.3 is 10.6 Å². The summed E-state index contributed by atoms with van der Waals surface area (Å²) in [7, 11) is 0. The number of amides is 1. The number of hydrogen-bond acceptors (Lipinski definition) is 4. The fourth-order valence-electron chi connectivity index (χ4n) is 3.72. The fraction of sp³-hybridized carbons (Fsp3) is 0.381. The summed E-state index contributed by atoms with van der Waals surface area (Å²) < 4.78 is 15.5. The molecule has 6 nitrogen and oxygen atoms in total. The van der Waals surface area contributed by atoms with E-state index < -0.39 is 0 Å². The van der Waals surface area contributed by atoms with Crippen LogP contribution >= 0.6 is 0 Å². The van der Waals surface area contributed by atoms with E-state index in [4.69, 9.17) is 5.10 Å². The molecule has 1 aromatic carbocycles. The Labute approximate surface area is 163 Å². The largest absolute Gasteiger partial charge is 0.354 e. The van der Waals surface area contributed by atoms with Crippen LogP contribution in [0.3, 0.4) is 0 Å². The van der Waals surface area contributed by atoms with Gasteiger partial charge in [0.2, 0.25) is 5.91 Å². The maximum Gasteiger partial charge on any atom is 0.220 e. The molecule has 0 unspecified atom stereocenters. The van der Waals surface area contributed by atoms with Crippen molar-refractivity contribution < 1.29 is 9.18 Å². The van der Waals surface area contributed by atoms with Crippen molar-refractivity contribution in [3.8, 4) is 0 Å². The Balaban J connectivity index is 1.35. The van der Waals surface area contributed by atoms with E-state index in [1.165, 1.54) is 6.07 Å². The first kappa shape index (κ1) is 18.6. The Morgan fingerprint density at radius 1 is 1.29 bits per heavy atom. The number of halogens is 1. The summed E-state index contributed by atoms with van der Waals surface area (Å²) in [6.45, 7) is 2.97. The van der Waals surface area contributed by atoms with Crippen molar-refractivity contribution in [1.29, 1.82) is 0 Å². The van der Waals surface area contributed by atoms with E-state index in [1.54, 1.807) is 24.4 Å². The van der Waals surface area contributed by atoms with Crippen LogP contribution in [0.15, 0.2) is 42.6 Å². The summed E-state index contributed by atoms with van der Waals surface area (Å²) in [5, 5.41) is 12.2. The predicted molar refractivity (Wildman–Crippen MR) is 105 cm³/mol. The van der Waals surface area contributed by atoms with Crippen LogP contribution in [-0.2, 0) is 17.8 Å². The molecular formula is C21H24FN5O. The molecule has 2 N–H and O–H groups in total. The molecular weight excluding hydrogens is 357 g/mol. The number of pyridine rings is 1. The number of carbonyl (C=O) groups is 1. The molecule has 146 valence electrons. The molecule has 0 aliphatic carbocycles. The normalized spacial score (nSPS) is 16.5. The molecule has 4 rings (SSSR count). The van der Waals surface area contributed by atoms with Crippen molar-refractivity contribution in [2.24, 2.45) is 0 Å². The number of hydrogen-bond donors (Lipinski definition) is 2. The van der Waals surface area contributed by atoms with Gasteiger partial charge in [0, 0.05) is 37.0 Å². The standard InChI is InChI=1S/C21H24FN5O/c22-18-6-2-1-4-15(18)7-8-19(28)24-12-13-27-21-17(5-3-10-25-21)20(26-27)16-9-11-23-14-16/h1-6,10,16,23H,7-9,11-14H2,(H,24,28)/t16-/m1/s1. The lowest BCUT2D eigenvalue weighted by Crippen LogP contribution is -2.27. The number of aryl methyl sites for hydroxylation is 1. The summed E-state index contributed by atoms with van der Waals surface area (Å²) in [6.07, 6.45) is 3.50. The summed E-state index contributed by atoms with van der Waals surface area (Å²) in [5.74, 6) is 0.0505. The highest BCUT2D eigenvalue weighted by Gasteiger charge is 2.23. The SMILES string of the molecule is O=C(CCc1ccccc1F)NCCn1nc([C@@H]2CCNC2)c2cccnc21. The molecule has 3 heterocycles. The van der Waals surface area contributed by atoms with Crippen LogP contribution in [0.5, 0.6) is 0 Å². The first-order valence-corrected chi connectivity index (χ1v) is 9.74. The minimum absolute atomic E-state index is 0.0899. The molecule has 0 saturated carbocycles. The van der Waals surface area contributed by atoms with Gasteiger partial charge in [-0.1, -0.05) is 18.2 Å². The molecule has 2 aromatic heterocycles. The average Bonchev–Trinajstić information content (AvgIpc) is 3.36. The Kier molecular flexibility index (Phi) is 5.62. The van der Waals surface area contributed by atoms with Gasteiger partial charge in [0.15, 0.2) is 5.65 Å². The minimum atomic E-state index is -0.265. The highest BCUT2D eigenvalue weighted by molar-refractivity contribution is 5.79. The third-order valence-electron chi connectivity index (χ3n) is 5.21. The van der Waals surface area contributed by atoms with Crippen molar-refractivity contribution in [3.63, 3.8) is 0 Å². The molecule has 1 amide bonds. The van der Waals surface area contributed by atoms with E-state index in [0.717, 1.165) is 36.2 Å². The van der Waals surface area contributed by atoms with Crippen molar-refractivity contribution in [3.05, 3.63) is 59.7 Å². The topological polar surface area (TPSA) is 71.8 Å². The number of aromatic nitrogens is 3. The van der Waals surface area contributed by atoms with Gasteiger partial charge in [0.1, 0.15) is 5.82 Å². The van der Waals surface area contributed by atoms with Crippen molar-refractivity contribution in [2.45, 2.75) is 31.7 Å². The van der Waals surface area contributed by atoms with E-state index in [1.807, 2.05) is 10.7 Å². The van der Waals surface area contributed by atoms with Crippen LogP contribution in [0.2, 0.25) is 0 Å². The van der Waals surface area contributed by atoms with Gasteiger partial charge in [-0.25, -0.2) is 14.1 Å². The third kappa shape index (κ3) is 4.04. The van der Waals surface area contributed by atoms with Crippen LogP contribution in [0, 0.1) is 5.82 Å². The van der Waals surface area contributed by atoms with E-state index in [-0.39, 0.29) is 18.1 Å². The molecule has 1 saturated heterocycles. The van der Waals surface area contributed by atoms with Crippen LogP contribution in [-0.4, -0.2) is 40.3 Å². The Morgan fingerprint density at radius 2 is 2.18 bits per heavy atom. The Bertz CT molecular complexity index is 964. The number of fused-ring (bicyclic) bond motifs is 1. The number of nitrogens with zero attached hydrogens (tertiary/aromatic N) is 3. The molecule has 28 heavy (non-hydrogen) atoms. The smallest absolute Gasteiger partial charge is 0.220 e. The minimum Gasteiger partial charge on any atom is -0.354 e. The molecule has 1 aliphatic heterocycles. The predicted octanol–water partition coefficient (Wildman–Crippen LogP) is 2.40. The molecule has 1 fully saturated rings. The van der Waals surface area contributed by atoms with Crippen LogP contribution in [0.25, 0.3) is 11.0 Å². The number of carbonyl (C=O) groups excluding carboxylic acids is 1. The van der Waals surface area contributed by atoms with E-state index in [2.05, 4.69) is 21.7 Å². The van der Waals surface area contributed by atoms with Crippen molar-refractivity contribution in [1.82, 2.24) is 25.4 Å². The van der Waals surface area contributed by atoms with Gasteiger partial charge in [-0.05, 0) is 43.1 Å². The zero-order valence-electron chi connectivity index (χ0n) is 15.7. The highest BCUT2D eigenvalue weighted by Crippen LogP contribution is 2.27. The molecule has 0 bridgehead atoms. The number of benzene rings is 1. The molecule has 0 spiro atoms. The number of nitrogens with one attached hydrogen (secondary N) is 2. The van der Waals surface area contributed by atoms with Gasteiger partial charge in [-0.3, -0.25) is 4.79 Å². The molecule has 3 aromatic rings. The van der Waals surface area contributed by atoms with Gasteiger partial charge in [0.25, 0.3) is 0 Å². The van der Waals surface area contributed by atoms with Crippen molar-refractivity contribution >= 4 is 16.9 Å². The lowest BCUT2D eigenvalue weighted by atomic mass is 10.0. The lowest BCUT2D eigenvalue weighted by molar-refractivity contribution is -0.121. The van der Waals surface area contributed by atoms with Gasteiger partial charge >= 0.3 is 0 Å². The van der Waals surface area contributed by atoms with E-state index >= 15 is 0 Å². The maximum absolute atomic E-state index is 13.6. The molecule has 0 radical (unpaired) electrons. The fourth-order valence-corrected chi connectivity index (χ4v) is 3.72. The summed E-state index contributed by atoms with van der Waals surface area (Å²) in [6, 6.07) is 10.6. The van der Waals surface area contributed by atoms with Crippen LogP contribution < -0.4 is 10.6 Å². The summed E-state index contributed by atoms with van der Waals surface area (Å²) >= 11 is 0.